The van der Waals surface area contributed by atoms with Gasteiger partial charge in [0.2, 0.25) is 0 Å². The SMILES string of the molecule is O=C(c1ccc(-c2ccccc2Cl)o1)N1CC[NH+](Cc2cccs2)CC1. The second kappa shape index (κ2) is 7.66. The van der Waals surface area contributed by atoms with E-state index in [2.05, 4.69) is 17.5 Å². The first-order valence-corrected chi connectivity index (χ1v) is 9.96. The molecule has 134 valence electrons. The third-order valence-electron chi connectivity index (χ3n) is 4.72. The van der Waals surface area contributed by atoms with Crippen molar-refractivity contribution in [2.24, 2.45) is 0 Å². The maximum Gasteiger partial charge on any atom is 0.289 e. The van der Waals surface area contributed by atoms with E-state index in [1.165, 1.54) is 9.78 Å². The number of amides is 1. The highest BCUT2D eigenvalue weighted by molar-refractivity contribution is 7.09. The third-order valence-corrected chi connectivity index (χ3v) is 5.92. The van der Waals surface area contributed by atoms with Gasteiger partial charge < -0.3 is 14.2 Å². The maximum absolute atomic E-state index is 12.7. The molecule has 0 unspecified atom stereocenters. The smallest absolute Gasteiger partial charge is 0.289 e. The molecule has 1 N–H and O–H groups in total. The molecule has 4 rings (SSSR count). The number of thiophene rings is 1. The van der Waals surface area contributed by atoms with Gasteiger partial charge in [-0.05, 0) is 35.7 Å². The largest absolute Gasteiger partial charge is 0.451 e. The van der Waals surface area contributed by atoms with Crippen LogP contribution in [0.3, 0.4) is 0 Å². The van der Waals surface area contributed by atoms with Gasteiger partial charge in [0, 0.05) is 5.56 Å². The zero-order chi connectivity index (χ0) is 17.9. The van der Waals surface area contributed by atoms with Crippen LogP contribution in [0.2, 0.25) is 5.02 Å². The number of carbonyl (C=O) groups is 1. The highest BCUT2D eigenvalue weighted by Gasteiger charge is 2.26. The summed E-state index contributed by atoms with van der Waals surface area (Å²) in [5.74, 6) is 0.959. The number of quaternary nitrogens is 1. The first kappa shape index (κ1) is 17.3. The van der Waals surface area contributed by atoms with Crippen LogP contribution in [0.1, 0.15) is 15.4 Å². The van der Waals surface area contributed by atoms with Crippen molar-refractivity contribution in [2.45, 2.75) is 6.54 Å². The molecule has 1 fully saturated rings. The van der Waals surface area contributed by atoms with Crippen molar-refractivity contribution in [2.75, 3.05) is 26.2 Å². The van der Waals surface area contributed by atoms with Crippen molar-refractivity contribution in [1.29, 1.82) is 0 Å². The number of benzene rings is 1. The molecule has 0 aliphatic carbocycles. The topological polar surface area (TPSA) is 37.9 Å². The summed E-state index contributed by atoms with van der Waals surface area (Å²) < 4.78 is 5.80. The fourth-order valence-corrected chi connectivity index (χ4v) is 4.28. The van der Waals surface area contributed by atoms with Gasteiger partial charge in [-0.1, -0.05) is 29.8 Å². The van der Waals surface area contributed by atoms with E-state index in [1.54, 1.807) is 17.4 Å². The van der Waals surface area contributed by atoms with Gasteiger partial charge in [0.05, 0.1) is 36.1 Å². The summed E-state index contributed by atoms with van der Waals surface area (Å²) in [4.78, 5) is 17.5. The van der Waals surface area contributed by atoms with Crippen LogP contribution in [-0.4, -0.2) is 37.0 Å². The van der Waals surface area contributed by atoms with Crippen molar-refractivity contribution in [1.82, 2.24) is 4.90 Å². The summed E-state index contributed by atoms with van der Waals surface area (Å²) in [6.45, 7) is 4.46. The molecule has 1 amide bonds. The minimum Gasteiger partial charge on any atom is -0.451 e. The number of hydrogen-bond donors (Lipinski definition) is 1. The first-order valence-electron chi connectivity index (χ1n) is 8.70. The number of halogens is 1. The van der Waals surface area contributed by atoms with Gasteiger partial charge in [-0.15, -0.1) is 11.3 Å². The summed E-state index contributed by atoms with van der Waals surface area (Å²) in [5, 5.41) is 2.73. The minimum absolute atomic E-state index is 0.0431. The van der Waals surface area contributed by atoms with E-state index in [-0.39, 0.29) is 5.91 Å². The van der Waals surface area contributed by atoms with E-state index in [4.69, 9.17) is 16.0 Å². The molecule has 4 nitrogen and oxygen atoms in total. The summed E-state index contributed by atoms with van der Waals surface area (Å²) in [6, 6.07) is 15.3. The summed E-state index contributed by atoms with van der Waals surface area (Å²) in [7, 11) is 0. The van der Waals surface area contributed by atoms with E-state index >= 15 is 0 Å². The van der Waals surface area contributed by atoms with Crippen LogP contribution in [0.15, 0.2) is 58.3 Å². The molecule has 6 heteroatoms. The monoisotopic (exact) mass is 387 g/mol. The van der Waals surface area contributed by atoms with Crippen LogP contribution < -0.4 is 4.90 Å². The van der Waals surface area contributed by atoms with E-state index in [0.29, 0.717) is 16.5 Å². The lowest BCUT2D eigenvalue weighted by atomic mass is 10.2. The zero-order valence-corrected chi connectivity index (χ0v) is 15.9. The first-order chi connectivity index (χ1) is 12.7. The molecule has 0 radical (unpaired) electrons. The Morgan fingerprint density at radius 2 is 1.92 bits per heavy atom. The van der Waals surface area contributed by atoms with Crippen LogP contribution in [-0.2, 0) is 6.54 Å². The van der Waals surface area contributed by atoms with Gasteiger partial charge in [0.1, 0.15) is 12.3 Å². The van der Waals surface area contributed by atoms with Gasteiger partial charge in [-0.25, -0.2) is 0 Å². The van der Waals surface area contributed by atoms with Crippen molar-refractivity contribution in [3.63, 3.8) is 0 Å². The fourth-order valence-electron chi connectivity index (χ4n) is 3.28. The Labute approximate surface area is 161 Å². The standard InChI is InChI=1S/C20H19ClN2O2S/c21-17-6-2-1-5-16(17)18-7-8-19(25-18)20(24)23-11-9-22(10-12-23)14-15-4-3-13-26-15/h1-8,13H,9-12,14H2/p+1. The molecule has 1 aromatic carbocycles. The second-order valence-electron chi connectivity index (χ2n) is 6.44. The van der Waals surface area contributed by atoms with Crippen LogP contribution in [0.5, 0.6) is 0 Å². The molecule has 0 atom stereocenters. The predicted molar refractivity (Wildman–Crippen MR) is 104 cm³/mol. The Bertz CT molecular complexity index is 883. The quantitative estimate of drug-likeness (QED) is 0.746. The van der Waals surface area contributed by atoms with E-state index < -0.39 is 0 Å². The molecule has 2 aromatic heterocycles. The molecule has 3 aromatic rings. The lowest BCUT2D eigenvalue weighted by molar-refractivity contribution is -0.917. The normalized spacial score (nSPS) is 15.3. The van der Waals surface area contributed by atoms with Gasteiger partial charge in [-0.3, -0.25) is 4.79 Å². The van der Waals surface area contributed by atoms with E-state index in [1.807, 2.05) is 35.2 Å². The highest BCUT2D eigenvalue weighted by Crippen LogP contribution is 2.29. The molecule has 3 heterocycles. The number of hydrogen-bond acceptors (Lipinski definition) is 3. The van der Waals surface area contributed by atoms with Gasteiger partial charge in [0.15, 0.2) is 5.76 Å². The van der Waals surface area contributed by atoms with Gasteiger partial charge >= 0.3 is 0 Å². The molecule has 1 saturated heterocycles. The number of piperazine rings is 1. The Morgan fingerprint density at radius 3 is 2.65 bits per heavy atom. The van der Waals surface area contributed by atoms with E-state index in [0.717, 1.165) is 38.3 Å². The van der Waals surface area contributed by atoms with Crippen LogP contribution in [0.4, 0.5) is 0 Å². The second-order valence-corrected chi connectivity index (χ2v) is 7.88. The molecule has 0 bridgehead atoms. The number of carbonyl (C=O) groups excluding carboxylic acids is 1. The molecular formula is C20H20ClN2O2S+. The molecule has 0 saturated carbocycles. The number of furan rings is 1. The van der Waals surface area contributed by atoms with E-state index in [9.17, 15) is 4.79 Å². The zero-order valence-electron chi connectivity index (χ0n) is 14.3. The Morgan fingerprint density at radius 1 is 1.12 bits per heavy atom. The maximum atomic E-state index is 12.7. The Balaban J connectivity index is 1.39. The summed E-state index contributed by atoms with van der Waals surface area (Å²) in [5.41, 5.74) is 0.804. The number of nitrogens with zero attached hydrogens (tertiary/aromatic N) is 1. The fraction of sp³-hybridized carbons (Fsp3) is 0.250. The molecule has 0 spiro atoms. The lowest BCUT2D eigenvalue weighted by Crippen LogP contribution is -3.13. The Hall–Kier alpha value is -2.08. The minimum atomic E-state index is -0.0431. The highest BCUT2D eigenvalue weighted by atomic mass is 35.5. The molecule has 26 heavy (non-hydrogen) atoms. The molecular weight excluding hydrogens is 368 g/mol. The van der Waals surface area contributed by atoms with Crippen LogP contribution in [0, 0.1) is 0 Å². The van der Waals surface area contributed by atoms with Crippen LogP contribution >= 0.6 is 22.9 Å². The van der Waals surface area contributed by atoms with Gasteiger partial charge in [-0.2, -0.15) is 0 Å². The predicted octanol–water partition coefficient (Wildman–Crippen LogP) is 3.20. The van der Waals surface area contributed by atoms with Crippen molar-refractivity contribution in [3.8, 4) is 11.3 Å². The summed E-state index contributed by atoms with van der Waals surface area (Å²) >= 11 is 8.01. The van der Waals surface area contributed by atoms with Crippen LogP contribution in [0.25, 0.3) is 11.3 Å². The van der Waals surface area contributed by atoms with Crippen molar-refractivity contribution >= 4 is 28.8 Å². The van der Waals surface area contributed by atoms with Gasteiger partial charge in [0.25, 0.3) is 5.91 Å². The van der Waals surface area contributed by atoms with Crippen molar-refractivity contribution in [3.05, 3.63) is 69.6 Å². The summed E-state index contributed by atoms with van der Waals surface area (Å²) in [6.07, 6.45) is 0. The number of nitrogens with one attached hydrogen (secondary N) is 1. The van der Waals surface area contributed by atoms with Crippen molar-refractivity contribution < 1.29 is 14.1 Å². The lowest BCUT2D eigenvalue weighted by Gasteiger charge is -2.31. The average Bonchev–Trinajstić information content (AvgIpc) is 3.34. The third kappa shape index (κ3) is 3.70. The average molecular weight is 388 g/mol. The molecule has 1 aliphatic heterocycles. The number of rotatable bonds is 4. The Kier molecular flexibility index (Phi) is 5.11. The molecule has 1 aliphatic rings.